The first-order chi connectivity index (χ1) is 6.38. The standard InChI is InChI=1S/C7H8F3N3O/c1-4-3-11-13-6(4)12-5(14)2-7(8,9)10/h3H,2H2,1H3,(H2,11,12,13,14). The van der Waals surface area contributed by atoms with E-state index in [1.54, 1.807) is 6.92 Å². The number of aromatic nitrogens is 2. The van der Waals surface area contributed by atoms with E-state index in [4.69, 9.17) is 0 Å². The number of carbonyl (C=O) groups excluding carboxylic acids is 1. The molecule has 1 amide bonds. The van der Waals surface area contributed by atoms with Crippen molar-refractivity contribution in [3.63, 3.8) is 0 Å². The van der Waals surface area contributed by atoms with Crippen LogP contribution in [0, 0.1) is 6.92 Å². The lowest BCUT2D eigenvalue weighted by atomic mass is 10.3. The Kier molecular flexibility index (Phi) is 2.78. The minimum atomic E-state index is -4.49. The zero-order valence-electron chi connectivity index (χ0n) is 7.27. The zero-order valence-corrected chi connectivity index (χ0v) is 7.27. The highest BCUT2D eigenvalue weighted by molar-refractivity contribution is 5.90. The van der Waals surface area contributed by atoms with Crippen LogP contribution < -0.4 is 5.32 Å². The molecule has 0 aliphatic rings. The van der Waals surface area contributed by atoms with Gasteiger partial charge in [0.2, 0.25) is 5.91 Å². The highest BCUT2D eigenvalue weighted by Gasteiger charge is 2.31. The van der Waals surface area contributed by atoms with Crippen LogP contribution in [0.4, 0.5) is 19.0 Å². The van der Waals surface area contributed by atoms with Crippen molar-refractivity contribution in [1.82, 2.24) is 10.2 Å². The molecule has 0 saturated carbocycles. The summed E-state index contributed by atoms with van der Waals surface area (Å²) < 4.78 is 35.2. The molecule has 0 aliphatic heterocycles. The van der Waals surface area contributed by atoms with Crippen molar-refractivity contribution in [3.05, 3.63) is 11.8 Å². The SMILES string of the molecule is Cc1cn[nH]c1NC(=O)CC(F)(F)F. The zero-order chi connectivity index (χ0) is 10.8. The maximum atomic E-state index is 11.7. The summed E-state index contributed by atoms with van der Waals surface area (Å²) >= 11 is 0. The molecule has 14 heavy (non-hydrogen) atoms. The van der Waals surface area contributed by atoms with Crippen molar-refractivity contribution < 1.29 is 18.0 Å². The summed E-state index contributed by atoms with van der Waals surface area (Å²) in [6.45, 7) is 1.62. The van der Waals surface area contributed by atoms with Crippen LogP contribution >= 0.6 is 0 Å². The summed E-state index contributed by atoms with van der Waals surface area (Å²) in [5, 5.41) is 7.99. The van der Waals surface area contributed by atoms with Crippen molar-refractivity contribution in [2.75, 3.05) is 5.32 Å². The lowest BCUT2D eigenvalue weighted by Crippen LogP contribution is -2.21. The van der Waals surface area contributed by atoms with E-state index < -0.39 is 18.5 Å². The average molecular weight is 207 g/mol. The average Bonchev–Trinajstić information content (AvgIpc) is 2.32. The highest BCUT2D eigenvalue weighted by atomic mass is 19.4. The summed E-state index contributed by atoms with van der Waals surface area (Å²) in [6, 6.07) is 0. The highest BCUT2D eigenvalue weighted by Crippen LogP contribution is 2.20. The Morgan fingerprint density at radius 2 is 2.29 bits per heavy atom. The van der Waals surface area contributed by atoms with E-state index in [1.807, 2.05) is 0 Å². The van der Waals surface area contributed by atoms with Crippen LogP contribution in [0.5, 0.6) is 0 Å². The van der Waals surface area contributed by atoms with E-state index in [9.17, 15) is 18.0 Å². The number of aromatic amines is 1. The molecule has 0 radical (unpaired) electrons. The van der Waals surface area contributed by atoms with Gasteiger partial charge in [-0.05, 0) is 6.92 Å². The number of anilines is 1. The Balaban J connectivity index is 2.54. The second kappa shape index (κ2) is 3.69. The Hall–Kier alpha value is -1.53. The second-order valence-electron chi connectivity index (χ2n) is 2.77. The summed E-state index contributed by atoms with van der Waals surface area (Å²) in [5.41, 5.74) is 0.584. The molecule has 0 saturated heterocycles. The maximum Gasteiger partial charge on any atom is 0.397 e. The summed E-state index contributed by atoms with van der Waals surface area (Å²) in [5.74, 6) is -0.913. The van der Waals surface area contributed by atoms with Gasteiger partial charge in [0.15, 0.2) is 0 Å². The van der Waals surface area contributed by atoms with E-state index in [1.165, 1.54) is 6.20 Å². The number of amides is 1. The fraction of sp³-hybridized carbons (Fsp3) is 0.429. The quantitative estimate of drug-likeness (QED) is 0.773. The molecule has 78 valence electrons. The van der Waals surface area contributed by atoms with Crippen LogP contribution in [0.15, 0.2) is 6.20 Å². The number of carbonyl (C=O) groups is 1. The Bertz CT molecular complexity index is 331. The predicted octanol–water partition coefficient (Wildman–Crippen LogP) is 1.61. The third-order valence-corrected chi connectivity index (χ3v) is 1.45. The summed E-state index contributed by atoms with van der Waals surface area (Å²) in [4.78, 5) is 10.8. The minimum Gasteiger partial charge on any atom is -0.311 e. The van der Waals surface area contributed by atoms with Gasteiger partial charge in [-0.25, -0.2) is 0 Å². The molecule has 1 heterocycles. The Morgan fingerprint density at radius 3 is 2.71 bits per heavy atom. The third kappa shape index (κ3) is 3.08. The number of H-pyrrole nitrogens is 1. The molecule has 2 N–H and O–H groups in total. The van der Waals surface area contributed by atoms with Crippen LogP contribution in [-0.4, -0.2) is 22.3 Å². The van der Waals surface area contributed by atoms with Crippen LogP contribution in [-0.2, 0) is 4.79 Å². The first kappa shape index (κ1) is 10.6. The second-order valence-corrected chi connectivity index (χ2v) is 2.77. The minimum absolute atomic E-state index is 0.194. The van der Waals surface area contributed by atoms with Gasteiger partial charge in [-0.3, -0.25) is 9.89 Å². The van der Waals surface area contributed by atoms with Crippen molar-refractivity contribution >= 4 is 11.7 Å². The van der Waals surface area contributed by atoms with E-state index in [0.29, 0.717) is 5.56 Å². The van der Waals surface area contributed by atoms with Crippen molar-refractivity contribution in [2.24, 2.45) is 0 Å². The van der Waals surface area contributed by atoms with Crippen molar-refractivity contribution in [2.45, 2.75) is 19.5 Å². The molecule has 0 fully saturated rings. The molecule has 7 heteroatoms. The number of rotatable bonds is 2. The Labute approximate surface area is 77.5 Å². The number of halogens is 3. The first-order valence-electron chi connectivity index (χ1n) is 3.75. The van der Waals surface area contributed by atoms with E-state index >= 15 is 0 Å². The molecular weight excluding hydrogens is 199 g/mol. The van der Waals surface area contributed by atoms with Gasteiger partial charge in [-0.1, -0.05) is 0 Å². The van der Waals surface area contributed by atoms with Gasteiger partial charge in [-0.15, -0.1) is 0 Å². The van der Waals surface area contributed by atoms with Gasteiger partial charge < -0.3 is 5.32 Å². The molecule has 0 aromatic carbocycles. The number of nitrogens with one attached hydrogen (secondary N) is 2. The molecule has 0 unspecified atom stereocenters. The molecule has 1 aromatic rings. The van der Waals surface area contributed by atoms with Crippen LogP contribution in [0.2, 0.25) is 0 Å². The van der Waals surface area contributed by atoms with Crippen molar-refractivity contribution in [3.8, 4) is 0 Å². The normalized spacial score (nSPS) is 11.4. The fourth-order valence-electron chi connectivity index (χ4n) is 0.839. The van der Waals surface area contributed by atoms with E-state index in [2.05, 4.69) is 15.5 Å². The molecule has 0 atom stereocenters. The first-order valence-corrected chi connectivity index (χ1v) is 3.75. The predicted molar refractivity (Wildman–Crippen MR) is 42.6 cm³/mol. The maximum absolute atomic E-state index is 11.7. The van der Waals surface area contributed by atoms with Gasteiger partial charge in [-0.2, -0.15) is 18.3 Å². The fourth-order valence-corrected chi connectivity index (χ4v) is 0.839. The lowest BCUT2D eigenvalue weighted by Gasteiger charge is -2.06. The molecular formula is C7H8F3N3O. The summed E-state index contributed by atoms with van der Waals surface area (Å²) in [7, 11) is 0. The summed E-state index contributed by atoms with van der Waals surface area (Å²) in [6.07, 6.45) is -4.58. The third-order valence-electron chi connectivity index (χ3n) is 1.45. The molecule has 0 bridgehead atoms. The van der Waals surface area contributed by atoms with Gasteiger partial charge in [0, 0.05) is 5.56 Å². The van der Waals surface area contributed by atoms with Gasteiger partial charge >= 0.3 is 6.18 Å². The number of hydrogen-bond donors (Lipinski definition) is 2. The molecule has 4 nitrogen and oxygen atoms in total. The van der Waals surface area contributed by atoms with Gasteiger partial charge in [0.1, 0.15) is 12.2 Å². The molecule has 0 aliphatic carbocycles. The van der Waals surface area contributed by atoms with Crippen LogP contribution in [0.1, 0.15) is 12.0 Å². The molecule has 1 rings (SSSR count). The molecule has 0 spiro atoms. The molecule has 1 aromatic heterocycles. The van der Waals surface area contributed by atoms with Crippen LogP contribution in [0.25, 0.3) is 0 Å². The van der Waals surface area contributed by atoms with E-state index in [0.717, 1.165) is 0 Å². The number of aryl methyl sites for hydroxylation is 1. The monoisotopic (exact) mass is 207 g/mol. The Morgan fingerprint density at radius 1 is 1.64 bits per heavy atom. The van der Waals surface area contributed by atoms with Gasteiger partial charge in [0.05, 0.1) is 6.20 Å². The largest absolute Gasteiger partial charge is 0.397 e. The number of hydrogen-bond acceptors (Lipinski definition) is 2. The van der Waals surface area contributed by atoms with Gasteiger partial charge in [0.25, 0.3) is 0 Å². The smallest absolute Gasteiger partial charge is 0.311 e. The van der Waals surface area contributed by atoms with Crippen LogP contribution in [0.3, 0.4) is 0 Å². The lowest BCUT2D eigenvalue weighted by molar-refractivity contribution is -0.150. The van der Waals surface area contributed by atoms with Crippen molar-refractivity contribution in [1.29, 1.82) is 0 Å². The van der Waals surface area contributed by atoms with E-state index in [-0.39, 0.29) is 5.82 Å². The number of nitrogens with zero attached hydrogens (tertiary/aromatic N) is 1. The topological polar surface area (TPSA) is 57.8 Å². The number of alkyl halides is 3.